The molecule has 0 heteroatoms. The van der Waals surface area contributed by atoms with E-state index in [0.29, 0.717) is 0 Å². The van der Waals surface area contributed by atoms with E-state index < -0.39 is 0 Å². The first kappa shape index (κ1) is 10.2. The summed E-state index contributed by atoms with van der Waals surface area (Å²) in [5.74, 6) is 0. The maximum Gasteiger partial charge on any atom is 0.00344 e. The van der Waals surface area contributed by atoms with Gasteiger partial charge in [-0.2, -0.15) is 0 Å². The van der Waals surface area contributed by atoms with Crippen molar-refractivity contribution >= 4 is 0 Å². The average molecular weight is 150 g/mol. The lowest BCUT2D eigenvalue weighted by molar-refractivity contribution is 0.578. The van der Waals surface area contributed by atoms with Crippen molar-refractivity contribution in [2.45, 2.75) is 27.7 Å². The highest BCUT2D eigenvalue weighted by Gasteiger charge is 2.13. The minimum absolute atomic E-state index is 0.170. The minimum atomic E-state index is 0.170. The Labute approximate surface area is 70.3 Å². The van der Waals surface area contributed by atoms with Gasteiger partial charge >= 0.3 is 0 Å². The molecule has 0 radical (unpaired) electrons. The van der Waals surface area contributed by atoms with E-state index >= 15 is 0 Å². The molecule has 0 aromatic rings. The molecule has 0 atom stereocenters. The van der Waals surface area contributed by atoms with E-state index in [-0.39, 0.29) is 5.41 Å². The maximum atomic E-state index is 3.64. The van der Waals surface area contributed by atoms with Crippen molar-refractivity contribution in [1.29, 1.82) is 0 Å². The normalized spacial score (nSPS) is 14.0. The first-order valence-corrected chi connectivity index (χ1v) is 3.98. The quantitative estimate of drug-likeness (QED) is 0.425. The van der Waals surface area contributed by atoms with E-state index in [9.17, 15) is 0 Å². The van der Waals surface area contributed by atoms with E-state index in [4.69, 9.17) is 0 Å². The smallest absolute Gasteiger partial charge is 0.00344 e. The predicted octanol–water partition coefficient (Wildman–Crippen LogP) is 3.72. The molecule has 62 valence electrons. The van der Waals surface area contributed by atoms with Crippen molar-refractivity contribution in [2.75, 3.05) is 0 Å². The second-order valence-corrected chi connectivity index (χ2v) is 3.29. The zero-order valence-corrected chi connectivity index (χ0v) is 8.02. The van der Waals surface area contributed by atoms with E-state index in [2.05, 4.69) is 46.4 Å². The predicted molar refractivity (Wildman–Crippen MR) is 52.5 cm³/mol. The van der Waals surface area contributed by atoms with Crippen LogP contribution in [0.1, 0.15) is 27.7 Å². The second-order valence-electron chi connectivity index (χ2n) is 3.29. The fourth-order valence-electron chi connectivity index (χ4n) is 0.812. The molecule has 0 spiro atoms. The molecular formula is C11H18. The van der Waals surface area contributed by atoms with Crippen LogP contribution in [-0.2, 0) is 0 Å². The molecule has 11 heavy (non-hydrogen) atoms. The summed E-state index contributed by atoms with van der Waals surface area (Å²) in [6.07, 6.45) is 8.11. The summed E-state index contributed by atoms with van der Waals surface area (Å²) < 4.78 is 0. The van der Waals surface area contributed by atoms with Crippen molar-refractivity contribution in [2.24, 2.45) is 5.41 Å². The molecule has 0 heterocycles. The molecule has 0 aromatic heterocycles. The summed E-state index contributed by atoms with van der Waals surface area (Å²) in [7, 11) is 0. The Morgan fingerprint density at radius 1 is 1.36 bits per heavy atom. The summed E-state index contributed by atoms with van der Waals surface area (Å²) in [5.41, 5.74) is 1.55. The van der Waals surface area contributed by atoms with Gasteiger partial charge in [-0.3, -0.25) is 0 Å². The molecule has 0 nitrogen and oxygen atoms in total. The largest absolute Gasteiger partial charge is 0.0991 e. The van der Waals surface area contributed by atoms with Crippen LogP contribution in [0, 0.1) is 5.41 Å². The second kappa shape index (κ2) is 4.17. The third-order valence-electron chi connectivity index (χ3n) is 2.10. The van der Waals surface area contributed by atoms with Gasteiger partial charge in [-0.25, -0.2) is 0 Å². The zero-order chi connectivity index (χ0) is 8.91. The van der Waals surface area contributed by atoms with E-state index in [1.165, 1.54) is 5.57 Å². The fourth-order valence-corrected chi connectivity index (χ4v) is 0.812. The Morgan fingerprint density at radius 3 is 2.27 bits per heavy atom. The Bertz CT molecular complexity index is 180. The van der Waals surface area contributed by atoms with Crippen LogP contribution in [0.15, 0.2) is 36.5 Å². The van der Waals surface area contributed by atoms with Gasteiger partial charge in [-0.1, -0.05) is 50.3 Å². The van der Waals surface area contributed by atoms with Crippen LogP contribution in [0.2, 0.25) is 0 Å². The van der Waals surface area contributed by atoms with Crippen molar-refractivity contribution < 1.29 is 0 Å². The molecule has 0 aliphatic heterocycles. The average Bonchev–Trinajstić information content (AvgIpc) is 1.99. The molecule has 0 rings (SSSR count). The molecule has 0 unspecified atom stereocenters. The van der Waals surface area contributed by atoms with Gasteiger partial charge in [-0.15, -0.1) is 0 Å². The van der Waals surface area contributed by atoms with Crippen molar-refractivity contribution in [3.8, 4) is 0 Å². The molecule has 0 fully saturated rings. The Balaban J connectivity index is 4.45. The van der Waals surface area contributed by atoms with E-state index in [0.717, 1.165) is 0 Å². The van der Waals surface area contributed by atoms with Crippen LogP contribution in [-0.4, -0.2) is 0 Å². The molecule has 0 amide bonds. The number of rotatable bonds is 3. The minimum Gasteiger partial charge on any atom is -0.0991 e. The summed E-state index contributed by atoms with van der Waals surface area (Å²) >= 11 is 0. The Hall–Kier alpha value is -0.780. The lowest BCUT2D eigenvalue weighted by atomic mass is 9.85. The number of allylic oxidation sites excluding steroid dienone is 5. The summed E-state index contributed by atoms with van der Waals surface area (Å²) in [6.45, 7) is 12.3. The maximum absolute atomic E-state index is 3.64. The number of hydrogen-bond acceptors (Lipinski definition) is 0. The van der Waals surface area contributed by atoms with Gasteiger partial charge in [0.15, 0.2) is 0 Å². The molecule has 0 saturated carbocycles. The molecule has 0 aliphatic rings. The van der Waals surface area contributed by atoms with Gasteiger partial charge in [0.05, 0.1) is 0 Å². The van der Waals surface area contributed by atoms with Crippen LogP contribution in [0.5, 0.6) is 0 Å². The zero-order valence-electron chi connectivity index (χ0n) is 8.02. The van der Waals surface area contributed by atoms with Crippen molar-refractivity contribution in [1.82, 2.24) is 0 Å². The summed E-state index contributed by atoms with van der Waals surface area (Å²) in [5, 5.41) is 0. The summed E-state index contributed by atoms with van der Waals surface area (Å²) in [4.78, 5) is 0. The third kappa shape index (κ3) is 3.22. The van der Waals surface area contributed by atoms with Crippen LogP contribution >= 0.6 is 0 Å². The molecule has 0 aromatic carbocycles. The van der Waals surface area contributed by atoms with Crippen LogP contribution in [0.25, 0.3) is 0 Å². The molecular weight excluding hydrogens is 132 g/mol. The standard InChI is InChI=1S/C11H18/c1-6-8-9-11(4,5)10(3)7-2/h6-9H,1H2,2-5H3/b9-8+,10-7+. The summed E-state index contributed by atoms with van der Waals surface area (Å²) in [6, 6.07) is 0. The van der Waals surface area contributed by atoms with Crippen LogP contribution in [0.3, 0.4) is 0 Å². The highest BCUT2D eigenvalue weighted by molar-refractivity contribution is 5.18. The lowest BCUT2D eigenvalue weighted by Gasteiger charge is -2.20. The van der Waals surface area contributed by atoms with E-state index in [1.54, 1.807) is 0 Å². The van der Waals surface area contributed by atoms with Gasteiger partial charge < -0.3 is 0 Å². The van der Waals surface area contributed by atoms with Gasteiger partial charge in [0, 0.05) is 5.41 Å². The Kier molecular flexibility index (Phi) is 3.88. The molecule has 0 aliphatic carbocycles. The third-order valence-corrected chi connectivity index (χ3v) is 2.10. The van der Waals surface area contributed by atoms with Gasteiger partial charge in [-0.05, 0) is 13.8 Å². The Morgan fingerprint density at radius 2 is 1.91 bits per heavy atom. The molecule has 0 N–H and O–H groups in total. The van der Waals surface area contributed by atoms with Gasteiger partial charge in [0.2, 0.25) is 0 Å². The van der Waals surface area contributed by atoms with Gasteiger partial charge in [0.25, 0.3) is 0 Å². The van der Waals surface area contributed by atoms with Crippen molar-refractivity contribution in [3.63, 3.8) is 0 Å². The lowest BCUT2D eigenvalue weighted by Crippen LogP contribution is -2.08. The number of hydrogen-bond donors (Lipinski definition) is 0. The molecule has 0 saturated heterocycles. The highest BCUT2D eigenvalue weighted by Crippen LogP contribution is 2.26. The first-order chi connectivity index (χ1) is 5.04. The van der Waals surface area contributed by atoms with Gasteiger partial charge in [0.1, 0.15) is 0 Å². The SMILES string of the molecule is C=C/C=C/C(C)(C)/C(C)=C/C. The monoisotopic (exact) mass is 150 g/mol. The van der Waals surface area contributed by atoms with E-state index in [1.807, 2.05) is 12.2 Å². The van der Waals surface area contributed by atoms with Crippen LogP contribution < -0.4 is 0 Å². The fraction of sp³-hybridized carbons (Fsp3) is 0.455. The first-order valence-electron chi connectivity index (χ1n) is 3.98. The highest BCUT2D eigenvalue weighted by atomic mass is 14.2. The topological polar surface area (TPSA) is 0 Å². The molecule has 0 bridgehead atoms. The van der Waals surface area contributed by atoms with Crippen molar-refractivity contribution in [3.05, 3.63) is 36.5 Å². The van der Waals surface area contributed by atoms with Crippen LogP contribution in [0.4, 0.5) is 0 Å².